The van der Waals surface area contributed by atoms with Crippen molar-refractivity contribution in [2.75, 3.05) is 13.7 Å². The van der Waals surface area contributed by atoms with Gasteiger partial charge in [0, 0.05) is 22.7 Å². The average molecular weight is 379 g/mol. The molecule has 1 N–H and O–H groups in total. The lowest BCUT2D eigenvalue weighted by molar-refractivity contribution is 0.171. The van der Waals surface area contributed by atoms with E-state index in [9.17, 15) is 4.79 Å². The molecule has 0 atom stereocenters. The molecule has 1 heterocycles. The molecule has 0 fully saturated rings. The van der Waals surface area contributed by atoms with Crippen LogP contribution in [-0.4, -0.2) is 30.6 Å². The first-order valence-electron chi connectivity index (χ1n) is 9.29. The van der Waals surface area contributed by atoms with E-state index in [0.717, 1.165) is 28.6 Å². The van der Waals surface area contributed by atoms with Crippen molar-refractivity contribution in [3.05, 3.63) is 65.4 Å². The number of amides is 1. The van der Waals surface area contributed by atoms with Gasteiger partial charge in [-0.15, -0.1) is 0 Å². The molecular weight excluding hydrogens is 354 g/mol. The Balaban J connectivity index is 1.73. The van der Waals surface area contributed by atoms with Crippen LogP contribution in [0, 0.1) is 6.92 Å². The summed E-state index contributed by atoms with van der Waals surface area (Å²) < 4.78 is 12.6. The van der Waals surface area contributed by atoms with Gasteiger partial charge in [-0.3, -0.25) is 0 Å². The quantitative estimate of drug-likeness (QED) is 0.492. The number of methoxy groups -OCH3 is 1. The molecule has 0 saturated heterocycles. The third-order valence-electron chi connectivity index (χ3n) is 4.48. The van der Waals surface area contributed by atoms with Crippen LogP contribution in [0.25, 0.3) is 10.9 Å². The number of fused-ring (bicyclic) bond motifs is 1. The number of hydrazone groups is 1. The number of hydrogen-bond acceptors (Lipinski definition) is 4. The van der Waals surface area contributed by atoms with Crippen molar-refractivity contribution in [2.45, 2.75) is 26.8 Å². The number of aryl methyl sites for hydroxylation is 2. The second-order valence-electron chi connectivity index (χ2n) is 6.51. The van der Waals surface area contributed by atoms with Crippen molar-refractivity contribution in [2.24, 2.45) is 5.10 Å². The third-order valence-corrected chi connectivity index (χ3v) is 4.48. The minimum Gasteiger partial charge on any atom is -0.492 e. The number of nitrogens with zero attached hydrogens (tertiary/aromatic N) is 2. The molecule has 0 aliphatic rings. The number of carbonyl (C=O) groups excluding carboxylic acids is 1. The molecule has 2 aromatic carbocycles. The van der Waals surface area contributed by atoms with Crippen LogP contribution in [-0.2, 0) is 17.7 Å². The van der Waals surface area contributed by atoms with Crippen LogP contribution in [0.15, 0.2) is 53.8 Å². The maximum Gasteiger partial charge on any atom is 0.427 e. The molecule has 0 bridgehead atoms. The van der Waals surface area contributed by atoms with Gasteiger partial charge < -0.3 is 14.0 Å². The van der Waals surface area contributed by atoms with Crippen molar-refractivity contribution >= 4 is 23.2 Å². The van der Waals surface area contributed by atoms with Crippen LogP contribution in [0.4, 0.5) is 4.79 Å². The average Bonchev–Trinajstić information content (AvgIpc) is 3.05. The Hall–Kier alpha value is -3.28. The number of benzene rings is 2. The van der Waals surface area contributed by atoms with E-state index in [-0.39, 0.29) is 0 Å². The zero-order valence-corrected chi connectivity index (χ0v) is 16.4. The van der Waals surface area contributed by atoms with Crippen LogP contribution in [0.2, 0.25) is 0 Å². The summed E-state index contributed by atoms with van der Waals surface area (Å²) in [5.41, 5.74) is 6.79. The first-order valence-corrected chi connectivity index (χ1v) is 9.29. The van der Waals surface area contributed by atoms with Crippen molar-refractivity contribution in [1.82, 2.24) is 9.99 Å². The van der Waals surface area contributed by atoms with Crippen molar-refractivity contribution < 1.29 is 14.3 Å². The number of aromatic nitrogens is 1. The van der Waals surface area contributed by atoms with Crippen LogP contribution in [0.1, 0.15) is 23.6 Å². The normalized spacial score (nSPS) is 11.1. The maximum atomic E-state index is 11.1. The van der Waals surface area contributed by atoms with Crippen LogP contribution in [0.3, 0.4) is 0 Å². The molecule has 0 saturated carbocycles. The van der Waals surface area contributed by atoms with E-state index in [1.807, 2.05) is 24.4 Å². The van der Waals surface area contributed by atoms with Gasteiger partial charge in [0.15, 0.2) is 0 Å². The van der Waals surface area contributed by atoms with Crippen LogP contribution in [0.5, 0.6) is 5.75 Å². The van der Waals surface area contributed by atoms with E-state index in [2.05, 4.69) is 57.9 Å². The van der Waals surface area contributed by atoms with E-state index in [0.29, 0.717) is 13.2 Å². The Morgan fingerprint density at radius 3 is 2.86 bits per heavy atom. The van der Waals surface area contributed by atoms with Gasteiger partial charge in [-0.05, 0) is 42.7 Å². The molecule has 0 unspecified atom stereocenters. The highest BCUT2D eigenvalue weighted by atomic mass is 16.5. The molecule has 3 aromatic rings. The van der Waals surface area contributed by atoms with Crippen LogP contribution >= 0.6 is 0 Å². The highest BCUT2D eigenvalue weighted by Gasteiger charge is 2.07. The largest absolute Gasteiger partial charge is 0.492 e. The maximum absolute atomic E-state index is 11.1. The lowest BCUT2D eigenvalue weighted by atomic mass is 10.1. The third kappa shape index (κ3) is 4.71. The fourth-order valence-corrected chi connectivity index (χ4v) is 3.14. The van der Waals surface area contributed by atoms with E-state index < -0.39 is 6.09 Å². The first-order chi connectivity index (χ1) is 13.6. The van der Waals surface area contributed by atoms with Gasteiger partial charge in [0.1, 0.15) is 12.4 Å². The summed E-state index contributed by atoms with van der Waals surface area (Å²) in [6.45, 7) is 5.48. The molecule has 1 aromatic heterocycles. The summed E-state index contributed by atoms with van der Waals surface area (Å²) in [5.74, 6) is 0.900. The number of rotatable bonds is 7. The summed E-state index contributed by atoms with van der Waals surface area (Å²) in [5, 5.41) is 5.00. The minimum absolute atomic E-state index is 0.558. The van der Waals surface area contributed by atoms with Gasteiger partial charge in [-0.2, -0.15) is 5.10 Å². The lowest BCUT2D eigenvalue weighted by Crippen LogP contribution is -2.16. The van der Waals surface area contributed by atoms with E-state index in [4.69, 9.17) is 4.74 Å². The Bertz CT molecular complexity index is 992. The number of hydrogen-bond donors (Lipinski definition) is 1. The monoisotopic (exact) mass is 379 g/mol. The molecule has 0 radical (unpaired) electrons. The summed E-state index contributed by atoms with van der Waals surface area (Å²) in [6.07, 6.45) is 4.01. The predicted octanol–water partition coefficient (Wildman–Crippen LogP) is 4.28. The van der Waals surface area contributed by atoms with Gasteiger partial charge in [0.2, 0.25) is 0 Å². The number of para-hydroxylation sites is 1. The summed E-state index contributed by atoms with van der Waals surface area (Å²) in [6, 6.07) is 14.4. The van der Waals surface area contributed by atoms with Crippen molar-refractivity contribution in [3.8, 4) is 5.75 Å². The molecular formula is C22H25N3O3. The predicted molar refractivity (Wildman–Crippen MR) is 111 cm³/mol. The molecule has 3 rings (SSSR count). The number of ether oxygens (including phenoxy) is 2. The number of carbonyl (C=O) groups is 1. The van der Waals surface area contributed by atoms with Gasteiger partial charge >= 0.3 is 6.09 Å². The van der Waals surface area contributed by atoms with Gasteiger partial charge in [-0.25, -0.2) is 10.2 Å². The second kappa shape index (κ2) is 9.08. The van der Waals surface area contributed by atoms with Crippen molar-refractivity contribution in [1.29, 1.82) is 0 Å². The molecule has 6 nitrogen and oxygen atoms in total. The van der Waals surface area contributed by atoms with Gasteiger partial charge in [0.25, 0.3) is 0 Å². The Labute approximate surface area is 164 Å². The summed E-state index contributed by atoms with van der Waals surface area (Å²) in [4.78, 5) is 11.1. The van der Waals surface area contributed by atoms with E-state index in [1.165, 1.54) is 18.2 Å². The fraction of sp³-hybridized carbons (Fsp3) is 0.273. The standard InChI is InChI=1S/C22H25N3O3/c1-4-17-11-16(2)12-19(13-17)28-10-9-25-15-18(14-23-24-22(26)27-3)20-7-5-6-8-21(20)25/h5-8,11-15H,4,9-10H2,1-3H3,(H,24,26)/b23-14-. The Kier molecular flexibility index (Phi) is 6.32. The SMILES string of the molecule is CCc1cc(C)cc(OCCn2cc(/C=N\NC(=O)OC)c3ccccc32)c1. The zero-order chi connectivity index (χ0) is 19.9. The number of nitrogens with one attached hydrogen (secondary N) is 1. The van der Waals surface area contributed by atoms with Gasteiger partial charge in [-0.1, -0.05) is 31.2 Å². The topological polar surface area (TPSA) is 64.8 Å². The fourth-order valence-electron chi connectivity index (χ4n) is 3.14. The molecule has 1 amide bonds. The summed E-state index contributed by atoms with van der Waals surface area (Å²) >= 11 is 0. The lowest BCUT2D eigenvalue weighted by Gasteiger charge is -2.10. The molecule has 0 aliphatic carbocycles. The highest BCUT2D eigenvalue weighted by molar-refractivity contribution is 5.99. The highest BCUT2D eigenvalue weighted by Crippen LogP contribution is 2.21. The smallest absolute Gasteiger partial charge is 0.427 e. The zero-order valence-electron chi connectivity index (χ0n) is 16.4. The molecule has 146 valence electrons. The molecule has 0 aliphatic heterocycles. The second-order valence-corrected chi connectivity index (χ2v) is 6.51. The summed E-state index contributed by atoms with van der Waals surface area (Å²) in [7, 11) is 1.30. The molecule has 0 spiro atoms. The molecule has 28 heavy (non-hydrogen) atoms. The van der Waals surface area contributed by atoms with Crippen LogP contribution < -0.4 is 10.2 Å². The van der Waals surface area contributed by atoms with Gasteiger partial charge in [0.05, 0.1) is 19.9 Å². The van der Waals surface area contributed by atoms with Crippen molar-refractivity contribution in [3.63, 3.8) is 0 Å². The Morgan fingerprint density at radius 1 is 1.25 bits per heavy atom. The minimum atomic E-state index is -0.599. The van der Waals surface area contributed by atoms with E-state index >= 15 is 0 Å². The van der Waals surface area contributed by atoms with E-state index in [1.54, 1.807) is 6.21 Å². The first kappa shape index (κ1) is 19.5. The molecule has 6 heteroatoms. The Morgan fingerprint density at radius 2 is 2.07 bits per heavy atom.